The van der Waals surface area contributed by atoms with Crippen molar-refractivity contribution < 1.29 is 23.9 Å². The van der Waals surface area contributed by atoms with Gasteiger partial charge in [0, 0.05) is 44.7 Å². The highest BCUT2D eigenvalue weighted by molar-refractivity contribution is 5.94. The van der Waals surface area contributed by atoms with E-state index >= 15 is 0 Å². The van der Waals surface area contributed by atoms with E-state index in [0.29, 0.717) is 57.5 Å². The molecule has 0 unspecified atom stereocenters. The zero-order valence-electron chi connectivity index (χ0n) is 19.2. The zero-order valence-corrected chi connectivity index (χ0v) is 19.2. The van der Waals surface area contributed by atoms with E-state index in [4.69, 9.17) is 5.11 Å². The van der Waals surface area contributed by atoms with Gasteiger partial charge in [-0.1, -0.05) is 11.6 Å². The van der Waals surface area contributed by atoms with Crippen LogP contribution < -0.4 is 5.32 Å². The molecule has 1 aliphatic rings. The molecule has 3 rings (SSSR count). The van der Waals surface area contributed by atoms with Crippen molar-refractivity contribution in [1.82, 2.24) is 30.1 Å². The van der Waals surface area contributed by atoms with Crippen LogP contribution in [0.2, 0.25) is 0 Å². The van der Waals surface area contributed by atoms with Crippen LogP contribution in [0.15, 0.2) is 30.5 Å². The van der Waals surface area contributed by atoms with Gasteiger partial charge in [-0.3, -0.25) is 14.0 Å². The summed E-state index contributed by atoms with van der Waals surface area (Å²) in [6.45, 7) is 1.93. The van der Waals surface area contributed by atoms with E-state index in [9.17, 15) is 18.8 Å². The molecule has 0 bridgehead atoms. The summed E-state index contributed by atoms with van der Waals surface area (Å²) in [4.78, 5) is 39.1. The third kappa shape index (κ3) is 7.26. The van der Waals surface area contributed by atoms with E-state index in [-0.39, 0.29) is 18.4 Å². The van der Waals surface area contributed by atoms with Crippen molar-refractivity contribution in [3.63, 3.8) is 0 Å². The fourth-order valence-electron chi connectivity index (χ4n) is 3.72. The highest BCUT2D eigenvalue weighted by Crippen LogP contribution is 2.13. The number of carbonyl (C=O) groups is 3. The van der Waals surface area contributed by atoms with Crippen LogP contribution in [0.4, 0.5) is 9.18 Å². The molecule has 1 aliphatic heterocycles. The van der Waals surface area contributed by atoms with Gasteiger partial charge >= 0.3 is 12.0 Å². The van der Waals surface area contributed by atoms with Crippen molar-refractivity contribution in [1.29, 1.82) is 0 Å². The molecule has 0 aliphatic carbocycles. The number of unbranched alkanes of at least 4 members (excludes halogenated alkanes) is 2. The van der Waals surface area contributed by atoms with Gasteiger partial charge in [0.15, 0.2) is 0 Å². The molecule has 2 aromatic rings. The second kappa shape index (κ2) is 12.7. The molecule has 0 atom stereocenters. The first-order chi connectivity index (χ1) is 16.5. The van der Waals surface area contributed by atoms with Crippen molar-refractivity contribution >= 4 is 17.9 Å². The molecule has 1 aromatic heterocycles. The smallest absolute Gasteiger partial charge is 0.317 e. The molecular weight excluding hydrogens is 443 g/mol. The van der Waals surface area contributed by atoms with Crippen LogP contribution in [0.1, 0.15) is 48.2 Å². The van der Waals surface area contributed by atoms with Gasteiger partial charge in [0.25, 0.3) is 5.91 Å². The van der Waals surface area contributed by atoms with Crippen molar-refractivity contribution in [2.75, 3.05) is 39.4 Å². The molecule has 2 N–H and O–H groups in total. The highest BCUT2D eigenvalue weighted by Gasteiger charge is 2.24. The van der Waals surface area contributed by atoms with Gasteiger partial charge in [0.2, 0.25) is 0 Å². The van der Waals surface area contributed by atoms with Crippen LogP contribution in [0.3, 0.4) is 0 Å². The number of nitrogens with zero attached hydrogens (tertiary/aromatic N) is 5. The lowest BCUT2D eigenvalue weighted by molar-refractivity contribution is -0.137. The Morgan fingerprint density at radius 1 is 0.971 bits per heavy atom. The Balaban J connectivity index is 1.42. The number of hydrogen-bond acceptors (Lipinski definition) is 5. The molecule has 34 heavy (non-hydrogen) atoms. The Hall–Kier alpha value is -3.50. The molecule has 10 nitrogen and oxygen atoms in total. The second-order valence-corrected chi connectivity index (χ2v) is 8.21. The van der Waals surface area contributed by atoms with E-state index in [1.54, 1.807) is 44.9 Å². The monoisotopic (exact) mass is 474 g/mol. The number of aryl methyl sites for hydroxylation is 1. The molecule has 3 amide bonds. The summed E-state index contributed by atoms with van der Waals surface area (Å²) in [6.07, 6.45) is 4.95. The summed E-state index contributed by atoms with van der Waals surface area (Å²) in [7, 11) is 0. The number of aromatic nitrogens is 3. The summed E-state index contributed by atoms with van der Waals surface area (Å²) in [5.41, 5.74) is 2.04. The minimum atomic E-state index is -0.803. The lowest BCUT2D eigenvalue weighted by Gasteiger charge is -2.34. The number of carboxylic acid groups (broad SMARTS) is 1. The van der Waals surface area contributed by atoms with E-state index in [0.717, 1.165) is 24.2 Å². The zero-order chi connectivity index (χ0) is 24.3. The molecule has 1 aromatic carbocycles. The predicted molar refractivity (Wildman–Crippen MR) is 123 cm³/mol. The van der Waals surface area contributed by atoms with Crippen molar-refractivity contribution in [3.05, 3.63) is 41.7 Å². The summed E-state index contributed by atoms with van der Waals surface area (Å²) in [5, 5.41) is 19.6. The first kappa shape index (κ1) is 25.1. The molecule has 184 valence electrons. The van der Waals surface area contributed by atoms with Crippen LogP contribution in [0.5, 0.6) is 0 Å². The third-order valence-corrected chi connectivity index (χ3v) is 5.68. The number of aliphatic carboxylic acids is 1. The summed E-state index contributed by atoms with van der Waals surface area (Å²) >= 11 is 0. The predicted octanol–water partition coefficient (Wildman–Crippen LogP) is 2.28. The summed E-state index contributed by atoms with van der Waals surface area (Å²) < 4.78 is 13.9. The van der Waals surface area contributed by atoms with Gasteiger partial charge in [0.05, 0.1) is 24.3 Å². The first-order valence-corrected chi connectivity index (χ1v) is 11.6. The van der Waals surface area contributed by atoms with Crippen LogP contribution in [-0.2, 0) is 11.2 Å². The minimum absolute atomic E-state index is 0.0905. The number of carboxylic acids is 1. The molecule has 0 spiro atoms. The Kier molecular flexibility index (Phi) is 9.36. The quantitative estimate of drug-likeness (QED) is 0.482. The number of halogens is 1. The highest BCUT2D eigenvalue weighted by atomic mass is 19.1. The largest absolute Gasteiger partial charge is 0.481 e. The molecule has 0 saturated carbocycles. The Bertz CT molecular complexity index is 957. The average molecular weight is 475 g/mol. The van der Waals surface area contributed by atoms with Gasteiger partial charge < -0.3 is 20.2 Å². The molecule has 0 radical (unpaired) electrons. The van der Waals surface area contributed by atoms with Gasteiger partial charge in [0.1, 0.15) is 0 Å². The minimum Gasteiger partial charge on any atom is -0.481 e. The third-order valence-electron chi connectivity index (χ3n) is 5.68. The van der Waals surface area contributed by atoms with E-state index in [1.165, 1.54) is 0 Å². The fourth-order valence-corrected chi connectivity index (χ4v) is 3.72. The normalized spacial score (nSPS) is 13.7. The Morgan fingerprint density at radius 3 is 2.35 bits per heavy atom. The fraction of sp³-hybridized carbons (Fsp3) is 0.522. The number of rotatable bonds is 11. The summed E-state index contributed by atoms with van der Waals surface area (Å²) in [6, 6.07) is 6.91. The average Bonchev–Trinajstić information content (AvgIpc) is 3.33. The van der Waals surface area contributed by atoms with Crippen LogP contribution in [0.25, 0.3) is 5.69 Å². The van der Waals surface area contributed by atoms with Crippen molar-refractivity contribution in [3.8, 4) is 5.69 Å². The van der Waals surface area contributed by atoms with Gasteiger partial charge in [-0.2, -0.15) is 0 Å². The van der Waals surface area contributed by atoms with Gasteiger partial charge in [-0.05, 0) is 49.9 Å². The molecule has 2 heterocycles. The standard InChI is InChI=1S/C23H31FN6O4/c24-11-4-5-19-17-30(27-26-19)20-9-7-18(8-10-20)22(33)28-13-15-29(16-14-28)23(34)25-12-3-1-2-6-21(31)32/h7-10,17H,1-6,11-16H2,(H,25,34)(H,31,32). The first-order valence-electron chi connectivity index (χ1n) is 11.6. The van der Waals surface area contributed by atoms with Gasteiger partial charge in [-0.15, -0.1) is 5.10 Å². The van der Waals surface area contributed by atoms with Crippen molar-refractivity contribution in [2.24, 2.45) is 0 Å². The maximum Gasteiger partial charge on any atom is 0.317 e. The van der Waals surface area contributed by atoms with Crippen LogP contribution in [0, 0.1) is 0 Å². The van der Waals surface area contributed by atoms with E-state index in [1.807, 2.05) is 0 Å². The number of amides is 3. The Labute approximate surface area is 197 Å². The number of urea groups is 1. The number of nitrogens with one attached hydrogen (secondary N) is 1. The van der Waals surface area contributed by atoms with E-state index in [2.05, 4.69) is 15.6 Å². The van der Waals surface area contributed by atoms with E-state index < -0.39 is 12.6 Å². The summed E-state index contributed by atoms with van der Waals surface area (Å²) in [5.74, 6) is -0.894. The number of piperazine rings is 1. The lowest BCUT2D eigenvalue weighted by atomic mass is 10.1. The SMILES string of the molecule is O=C(O)CCCCCNC(=O)N1CCN(C(=O)c2ccc(-n3cc(CCCF)nn3)cc2)CC1. The molecule has 1 fully saturated rings. The number of carbonyl (C=O) groups excluding carboxylic acids is 2. The Morgan fingerprint density at radius 2 is 1.68 bits per heavy atom. The maximum atomic E-state index is 12.9. The second-order valence-electron chi connectivity index (χ2n) is 8.21. The van der Waals surface area contributed by atoms with Crippen molar-refractivity contribution in [2.45, 2.75) is 38.5 Å². The van der Waals surface area contributed by atoms with Gasteiger partial charge in [-0.25, -0.2) is 9.48 Å². The number of benzene rings is 1. The molecule has 1 saturated heterocycles. The topological polar surface area (TPSA) is 121 Å². The van der Waals surface area contributed by atoms with Crippen LogP contribution in [-0.4, -0.2) is 87.2 Å². The molecule has 11 heteroatoms. The van der Waals surface area contributed by atoms with Crippen LogP contribution >= 0.6 is 0 Å². The number of alkyl halides is 1. The lowest BCUT2D eigenvalue weighted by Crippen LogP contribution is -2.53. The molecular formula is C23H31FN6O4. The number of hydrogen-bond donors (Lipinski definition) is 2. The maximum absolute atomic E-state index is 12.9.